The third kappa shape index (κ3) is 2.69. The molecule has 0 radical (unpaired) electrons. The van der Waals surface area contributed by atoms with E-state index in [1.165, 1.54) is 12.8 Å². The molecule has 3 rings (SSSR count). The van der Waals surface area contributed by atoms with Gasteiger partial charge in [-0.25, -0.2) is 4.98 Å². The number of hydrogen-bond donors (Lipinski definition) is 0. The van der Waals surface area contributed by atoms with E-state index in [1.807, 2.05) is 36.4 Å². The normalized spacial score (nSPS) is 11.1. The summed E-state index contributed by atoms with van der Waals surface area (Å²) in [6.07, 6.45) is 4.30. The van der Waals surface area contributed by atoms with E-state index in [0.717, 1.165) is 29.4 Å². The first kappa shape index (κ1) is 12.8. The molecule has 0 amide bonds. The summed E-state index contributed by atoms with van der Waals surface area (Å²) in [6.45, 7) is 2.18. The Kier molecular flexibility index (Phi) is 3.72. The molecule has 0 atom stereocenters. The van der Waals surface area contributed by atoms with Crippen molar-refractivity contribution in [1.29, 1.82) is 0 Å². The number of para-hydroxylation sites is 1. The minimum absolute atomic E-state index is 0.502. The largest absolute Gasteiger partial charge is 0.419 e. The molecule has 3 aromatic rings. The highest BCUT2D eigenvalue weighted by atomic mass is 16.4. The highest BCUT2D eigenvalue weighted by Gasteiger charge is 2.10. The number of hydrogen-bond acceptors (Lipinski definition) is 4. The fourth-order valence-corrected chi connectivity index (χ4v) is 2.17. The Balaban J connectivity index is 1.83. The number of unbranched alkanes of at least 4 members (excludes halogenated alkanes) is 2. The van der Waals surface area contributed by atoms with Crippen LogP contribution in [-0.4, -0.2) is 15.2 Å². The molecular formula is C16H17N3O. The van der Waals surface area contributed by atoms with Crippen molar-refractivity contribution in [3.63, 3.8) is 0 Å². The Morgan fingerprint density at radius 3 is 2.80 bits per heavy atom. The van der Waals surface area contributed by atoms with Gasteiger partial charge in [-0.05, 0) is 18.6 Å². The minimum Gasteiger partial charge on any atom is -0.419 e. The summed E-state index contributed by atoms with van der Waals surface area (Å²) >= 11 is 0. The maximum absolute atomic E-state index is 5.68. The Bertz CT molecular complexity index is 706. The summed E-state index contributed by atoms with van der Waals surface area (Å²) in [5.41, 5.74) is 1.67. The molecule has 0 aliphatic heterocycles. The monoisotopic (exact) mass is 267 g/mol. The number of rotatable bonds is 5. The molecule has 0 saturated carbocycles. The molecule has 102 valence electrons. The van der Waals surface area contributed by atoms with Gasteiger partial charge >= 0.3 is 0 Å². The van der Waals surface area contributed by atoms with Gasteiger partial charge < -0.3 is 4.42 Å². The number of aryl methyl sites for hydroxylation is 1. The van der Waals surface area contributed by atoms with Crippen molar-refractivity contribution in [2.75, 3.05) is 0 Å². The van der Waals surface area contributed by atoms with Crippen LogP contribution in [0.4, 0.5) is 0 Å². The van der Waals surface area contributed by atoms with Crippen molar-refractivity contribution in [3.05, 3.63) is 42.3 Å². The number of benzene rings is 1. The van der Waals surface area contributed by atoms with Crippen LogP contribution in [-0.2, 0) is 6.42 Å². The fourth-order valence-electron chi connectivity index (χ4n) is 2.17. The molecule has 20 heavy (non-hydrogen) atoms. The van der Waals surface area contributed by atoms with Gasteiger partial charge in [-0.2, -0.15) is 0 Å². The average molecular weight is 267 g/mol. The maximum atomic E-state index is 5.68. The van der Waals surface area contributed by atoms with E-state index in [4.69, 9.17) is 4.42 Å². The molecule has 0 bridgehead atoms. The average Bonchev–Trinajstić information content (AvgIpc) is 2.96. The number of nitrogens with zero attached hydrogens (tertiary/aromatic N) is 3. The van der Waals surface area contributed by atoms with Gasteiger partial charge in [0.05, 0.1) is 5.52 Å². The zero-order chi connectivity index (χ0) is 13.8. The molecule has 2 heterocycles. The van der Waals surface area contributed by atoms with Crippen LogP contribution in [0.15, 0.2) is 40.8 Å². The summed E-state index contributed by atoms with van der Waals surface area (Å²) in [5.74, 6) is 1.20. The lowest BCUT2D eigenvalue weighted by Gasteiger charge is -1.98. The van der Waals surface area contributed by atoms with Gasteiger partial charge in [0, 0.05) is 11.8 Å². The van der Waals surface area contributed by atoms with Crippen molar-refractivity contribution >= 4 is 10.9 Å². The summed E-state index contributed by atoms with van der Waals surface area (Å²) in [4.78, 5) is 4.56. The van der Waals surface area contributed by atoms with Gasteiger partial charge in [0.25, 0.3) is 5.89 Å². The Labute approximate surface area is 117 Å². The topological polar surface area (TPSA) is 51.8 Å². The molecule has 0 fully saturated rings. The lowest BCUT2D eigenvalue weighted by Crippen LogP contribution is -1.85. The zero-order valence-electron chi connectivity index (χ0n) is 11.5. The molecular weight excluding hydrogens is 250 g/mol. The summed E-state index contributed by atoms with van der Waals surface area (Å²) < 4.78 is 5.68. The van der Waals surface area contributed by atoms with Crippen LogP contribution in [0.5, 0.6) is 0 Å². The fraction of sp³-hybridized carbons (Fsp3) is 0.312. The SMILES string of the molecule is CCCCCc1nnc(-c2ccc3ccccc3n2)o1. The molecule has 4 heteroatoms. The quantitative estimate of drug-likeness (QED) is 0.655. The van der Waals surface area contributed by atoms with Gasteiger partial charge in [0.2, 0.25) is 5.89 Å². The lowest BCUT2D eigenvalue weighted by atomic mass is 10.2. The standard InChI is InChI=1S/C16H17N3O/c1-2-3-4-9-15-18-19-16(20-15)14-11-10-12-7-5-6-8-13(12)17-14/h5-8,10-11H,2-4,9H2,1H3. The van der Waals surface area contributed by atoms with Gasteiger partial charge in [-0.15, -0.1) is 10.2 Å². The van der Waals surface area contributed by atoms with Crippen LogP contribution in [0.3, 0.4) is 0 Å². The molecule has 0 aliphatic carbocycles. The van der Waals surface area contributed by atoms with Crippen LogP contribution in [0.2, 0.25) is 0 Å². The zero-order valence-corrected chi connectivity index (χ0v) is 11.5. The summed E-state index contributed by atoms with van der Waals surface area (Å²) in [5, 5.41) is 9.29. The summed E-state index contributed by atoms with van der Waals surface area (Å²) in [6, 6.07) is 11.9. The molecule has 0 saturated heterocycles. The predicted octanol–water partition coefficient (Wildman–Crippen LogP) is 4.02. The second-order valence-corrected chi connectivity index (χ2v) is 4.85. The first-order valence-electron chi connectivity index (χ1n) is 7.05. The Morgan fingerprint density at radius 2 is 1.90 bits per heavy atom. The second-order valence-electron chi connectivity index (χ2n) is 4.85. The van der Waals surface area contributed by atoms with E-state index in [9.17, 15) is 0 Å². The van der Waals surface area contributed by atoms with Crippen molar-refractivity contribution in [2.24, 2.45) is 0 Å². The van der Waals surface area contributed by atoms with E-state index in [-0.39, 0.29) is 0 Å². The smallest absolute Gasteiger partial charge is 0.266 e. The van der Waals surface area contributed by atoms with E-state index in [2.05, 4.69) is 22.1 Å². The van der Waals surface area contributed by atoms with E-state index in [1.54, 1.807) is 0 Å². The molecule has 1 aromatic carbocycles. The van der Waals surface area contributed by atoms with E-state index < -0.39 is 0 Å². The molecule has 0 N–H and O–H groups in total. The Morgan fingerprint density at radius 1 is 1.00 bits per heavy atom. The number of aromatic nitrogens is 3. The first-order chi connectivity index (χ1) is 9.86. The first-order valence-corrected chi connectivity index (χ1v) is 7.05. The molecule has 0 spiro atoms. The third-order valence-electron chi connectivity index (χ3n) is 3.28. The number of fused-ring (bicyclic) bond motifs is 1. The predicted molar refractivity (Wildman–Crippen MR) is 78.3 cm³/mol. The molecule has 0 aliphatic rings. The highest BCUT2D eigenvalue weighted by Crippen LogP contribution is 2.20. The second kappa shape index (κ2) is 5.82. The van der Waals surface area contributed by atoms with E-state index >= 15 is 0 Å². The maximum Gasteiger partial charge on any atom is 0.266 e. The van der Waals surface area contributed by atoms with Crippen molar-refractivity contribution in [2.45, 2.75) is 32.6 Å². The van der Waals surface area contributed by atoms with Gasteiger partial charge in [-0.1, -0.05) is 44.0 Å². The van der Waals surface area contributed by atoms with Crippen LogP contribution in [0.1, 0.15) is 32.1 Å². The number of pyridine rings is 1. The summed E-state index contributed by atoms with van der Waals surface area (Å²) in [7, 11) is 0. The van der Waals surface area contributed by atoms with Crippen LogP contribution >= 0.6 is 0 Å². The lowest BCUT2D eigenvalue weighted by molar-refractivity contribution is 0.491. The molecule has 4 nitrogen and oxygen atoms in total. The van der Waals surface area contributed by atoms with Crippen LogP contribution in [0.25, 0.3) is 22.5 Å². The highest BCUT2D eigenvalue weighted by molar-refractivity contribution is 5.80. The molecule has 2 aromatic heterocycles. The van der Waals surface area contributed by atoms with Crippen molar-refractivity contribution in [3.8, 4) is 11.6 Å². The van der Waals surface area contributed by atoms with Crippen molar-refractivity contribution in [1.82, 2.24) is 15.2 Å². The van der Waals surface area contributed by atoms with E-state index in [0.29, 0.717) is 11.8 Å². The minimum atomic E-state index is 0.502. The van der Waals surface area contributed by atoms with Gasteiger partial charge in [0.1, 0.15) is 5.69 Å². The third-order valence-corrected chi connectivity index (χ3v) is 3.28. The van der Waals surface area contributed by atoms with Gasteiger partial charge in [0.15, 0.2) is 0 Å². The van der Waals surface area contributed by atoms with Gasteiger partial charge in [-0.3, -0.25) is 0 Å². The van der Waals surface area contributed by atoms with Crippen LogP contribution < -0.4 is 0 Å². The van der Waals surface area contributed by atoms with Crippen LogP contribution in [0, 0.1) is 0 Å². The van der Waals surface area contributed by atoms with Crippen molar-refractivity contribution < 1.29 is 4.42 Å². The molecule has 0 unspecified atom stereocenters. The Hall–Kier alpha value is -2.23.